The fraction of sp³-hybridized carbons (Fsp3) is 0.467. The lowest BCUT2D eigenvalue weighted by Crippen LogP contribution is -2.47. The summed E-state index contributed by atoms with van der Waals surface area (Å²) in [6.07, 6.45) is -5.47. The van der Waals surface area contributed by atoms with Gasteiger partial charge in [0.05, 0.1) is 12.6 Å². The van der Waals surface area contributed by atoms with E-state index in [2.05, 4.69) is 10.1 Å². The topological polar surface area (TPSA) is 78.9 Å². The molecule has 6 nitrogen and oxygen atoms in total. The van der Waals surface area contributed by atoms with E-state index in [1.54, 1.807) is 11.8 Å². The molecule has 2 N–H and O–H groups in total. The van der Waals surface area contributed by atoms with E-state index in [0.29, 0.717) is 12.2 Å². The van der Waals surface area contributed by atoms with Crippen molar-refractivity contribution in [1.29, 1.82) is 0 Å². The van der Waals surface area contributed by atoms with Gasteiger partial charge >= 0.3 is 12.4 Å². The number of aliphatic hydroxyl groups is 1. The number of nitrogens with zero attached hydrogens (tertiary/aromatic N) is 1. The molecule has 25 heavy (non-hydrogen) atoms. The molecule has 136 valence electrons. The number of nitrogens with one attached hydrogen (secondary N) is 1. The molecule has 2 atom stereocenters. The van der Waals surface area contributed by atoms with Crippen LogP contribution < -0.4 is 10.1 Å². The Morgan fingerprint density at radius 2 is 2.00 bits per heavy atom. The number of benzene rings is 1. The van der Waals surface area contributed by atoms with Crippen LogP contribution in [-0.2, 0) is 4.79 Å². The molecule has 0 saturated carbocycles. The highest BCUT2D eigenvalue weighted by Gasteiger charge is 2.53. The average Bonchev–Trinajstić information content (AvgIpc) is 3.08. The van der Waals surface area contributed by atoms with Crippen molar-refractivity contribution in [2.45, 2.75) is 24.4 Å². The minimum Gasteiger partial charge on any atom is -0.406 e. The number of alkyl halides is 3. The predicted octanol–water partition coefficient (Wildman–Crippen LogP) is 2.05. The van der Waals surface area contributed by atoms with Gasteiger partial charge in [0.2, 0.25) is 0 Å². The Kier molecular flexibility index (Phi) is 4.58. The van der Waals surface area contributed by atoms with Crippen molar-refractivity contribution in [3.05, 3.63) is 29.8 Å². The number of aliphatic hydroxyl groups excluding tert-OH is 1. The summed E-state index contributed by atoms with van der Waals surface area (Å²) in [5.41, 5.74) is -0.622. The molecule has 0 unspecified atom stereocenters. The molecule has 3 rings (SSSR count). The number of hydrogen-bond donors (Lipinski definition) is 2. The van der Waals surface area contributed by atoms with E-state index in [1.807, 2.05) is 0 Å². The van der Waals surface area contributed by atoms with E-state index in [-0.39, 0.29) is 18.0 Å². The zero-order valence-corrected chi connectivity index (χ0v) is 13.7. The summed E-state index contributed by atoms with van der Waals surface area (Å²) in [5.74, 6) is 0.468. The smallest absolute Gasteiger partial charge is 0.406 e. The molecule has 2 aliphatic heterocycles. The number of ether oxygens (including phenoxy) is 1. The Bertz CT molecular complexity index is 674. The fourth-order valence-corrected chi connectivity index (χ4v) is 4.17. The van der Waals surface area contributed by atoms with Crippen LogP contribution in [0, 0.1) is 0 Å². The zero-order chi connectivity index (χ0) is 18.2. The number of thioether (sulfide) groups is 1. The second-order valence-electron chi connectivity index (χ2n) is 5.86. The van der Waals surface area contributed by atoms with Crippen molar-refractivity contribution < 1.29 is 32.6 Å². The molecule has 2 heterocycles. The maximum Gasteiger partial charge on any atom is 0.573 e. The average molecular weight is 376 g/mol. The molecule has 0 radical (unpaired) electrons. The van der Waals surface area contributed by atoms with Crippen molar-refractivity contribution in [3.8, 4) is 5.75 Å². The summed E-state index contributed by atoms with van der Waals surface area (Å²) in [5, 5.41) is 12.9. The van der Waals surface area contributed by atoms with Gasteiger partial charge in [-0.2, -0.15) is 11.8 Å². The molecular weight excluding hydrogens is 361 g/mol. The molecule has 0 aliphatic carbocycles. The van der Waals surface area contributed by atoms with Crippen LogP contribution in [0.15, 0.2) is 24.3 Å². The molecule has 0 aromatic heterocycles. The quantitative estimate of drug-likeness (QED) is 0.787. The number of halogens is 3. The summed E-state index contributed by atoms with van der Waals surface area (Å²) < 4.78 is 40.2. The molecule has 1 aromatic carbocycles. The lowest BCUT2D eigenvalue weighted by Gasteiger charge is -2.21. The summed E-state index contributed by atoms with van der Waals surface area (Å²) in [6, 6.07) is 4.07. The monoisotopic (exact) mass is 376 g/mol. The third kappa shape index (κ3) is 3.69. The molecule has 2 fully saturated rings. The number of β-amino-alcohol motifs (C(OH)–C–C–N with tert-alkyl or cyclic N) is 1. The molecule has 0 bridgehead atoms. The van der Waals surface area contributed by atoms with Crippen LogP contribution in [0.25, 0.3) is 0 Å². The van der Waals surface area contributed by atoms with E-state index < -0.39 is 29.8 Å². The molecular formula is C15H15F3N2O4S. The van der Waals surface area contributed by atoms with E-state index in [4.69, 9.17) is 0 Å². The summed E-state index contributed by atoms with van der Waals surface area (Å²) in [4.78, 5) is 25.5. The first-order chi connectivity index (χ1) is 11.7. The first-order valence-corrected chi connectivity index (χ1v) is 8.61. The standard InChI is InChI=1S/C15H15F3N2O4S/c16-15(17,18)24-10-3-1-9(2-4-10)11(21)7-20-12(22)14(19-13(20)23)5-6-25-8-14/h1-4,11,21H,5-8H2,(H,19,23)/t11-,14+/m1/s1. The molecule has 1 aromatic rings. The van der Waals surface area contributed by atoms with Crippen LogP contribution in [-0.4, -0.2) is 51.9 Å². The Labute approximate surface area is 145 Å². The maximum absolute atomic E-state index is 12.5. The fourth-order valence-electron chi connectivity index (χ4n) is 2.84. The first kappa shape index (κ1) is 17.9. The van der Waals surface area contributed by atoms with Crippen molar-refractivity contribution in [3.63, 3.8) is 0 Å². The third-order valence-electron chi connectivity index (χ3n) is 4.12. The zero-order valence-electron chi connectivity index (χ0n) is 12.9. The van der Waals surface area contributed by atoms with Gasteiger partial charge in [0.1, 0.15) is 11.3 Å². The van der Waals surface area contributed by atoms with E-state index in [0.717, 1.165) is 22.8 Å². The largest absolute Gasteiger partial charge is 0.573 e. The number of urea groups is 1. The Hall–Kier alpha value is -1.94. The van der Waals surface area contributed by atoms with Crippen molar-refractivity contribution in [2.24, 2.45) is 0 Å². The molecule has 1 spiro atoms. The van der Waals surface area contributed by atoms with Crippen LogP contribution in [0.5, 0.6) is 5.75 Å². The summed E-state index contributed by atoms with van der Waals surface area (Å²) in [6.45, 7) is -0.267. The van der Waals surface area contributed by atoms with Crippen LogP contribution in [0.1, 0.15) is 18.1 Å². The molecule has 2 saturated heterocycles. The molecule has 10 heteroatoms. The van der Waals surface area contributed by atoms with Crippen molar-refractivity contribution in [1.82, 2.24) is 10.2 Å². The van der Waals surface area contributed by atoms with Gasteiger partial charge in [-0.3, -0.25) is 9.69 Å². The number of rotatable bonds is 4. The van der Waals surface area contributed by atoms with Gasteiger partial charge in [0.25, 0.3) is 5.91 Å². The summed E-state index contributed by atoms with van der Waals surface area (Å²) >= 11 is 1.57. The second-order valence-corrected chi connectivity index (χ2v) is 6.97. The lowest BCUT2D eigenvalue weighted by atomic mass is 9.99. The van der Waals surface area contributed by atoms with Crippen molar-refractivity contribution >= 4 is 23.7 Å². The minimum absolute atomic E-state index is 0.267. The summed E-state index contributed by atoms with van der Waals surface area (Å²) in [7, 11) is 0. The Morgan fingerprint density at radius 1 is 1.32 bits per heavy atom. The minimum atomic E-state index is -4.80. The first-order valence-electron chi connectivity index (χ1n) is 7.46. The van der Waals surface area contributed by atoms with Crippen molar-refractivity contribution in [2.75, 3.05) is 18.1 Å². The second kappa shape index (κ2) is 6.41. The molecule has 2 aliphatic rings. The van der Waals surface area contributed by atoms with E-state index in [9.17, 15) is 27.9 Å². The highest BCUT2D eigenvalue weighted by atomic mass is 32.2. The van der Waals surface area contributed by atoms with Gasteiger partial charge in [-0.1, -0.05) is 12.1 Å². The predicted molar refractivity (Wildman–Crippen MR) is 83.0 cm³/mol. The normalized spacial score (nSPS) is 24.7. The number of imide groups is 1. The molecule has 3 amide bonds. The number of hydrogen-bond acceptors (Lipinski definition) is 5. The Balaban J connectivity index is 1.67. The number of amides is 3. The van der Waals surface area contributed by atoms with E-state index in [1.165, 1.54) is 12.1 Å². The van der Waals surface area contributed by atoms with E-state index >= 15 is 0 Å². The van der Waals surface area contributed by atoms with Gasteiger partial charge in [0.15, 0.2) is 0 Å². The van der Waals surface area contributed by atoms with Gasteiger partial charge in [-0.25, -0.2) is 4.79 Å². The lowest BCUT2D eigenvalue weighted by molar-refractivity contribution is -0.274. The number of carbonyl (C=O) groups is 2. The highest BCUT2D eigenvalue weighted by Crippen LogP contribution is 2.34. The van der Waals surface area contributed by atoms with Gasteiger partial charge < -0.3 is 15.2 Å². The van der Waals surface area contributed by atoms with Crippen LogP contribution >= 0.6 is 11.8 Å². The van der Waals surface area contributed by atoms with Gasteiger partial charge in [-0.05, 0) is 29.9 Å². The maximum atomic E-state index is 12.5. The Morgan fingerprint density at radius 3 is 2.56 bits per heavy atom. The SMILES string of the molecule is O=C1N[C@]2(CCSC2)C(=O)N1C[C@@H](O)c1ccc(OC(F)(F)F)cc1. The van der Waals surface area contributed by atoms with Crippen LogP contribution in [0.3, 0.4) is 0 Å². The van der Waals surface area contributed by atoms with Gasteiger partial charge in [-0.15, -0.1) is 13.2 Å². The van der Waals surface area contributed by atoms with Crippen LogP contribution in [0.4, 0.5) is 18.0 Å². The van der Waals surface area contributed by atoms with Crippen LogP contribution in [0.2, 0.25) is 0 Å². The van der Waals surface area contributed by atoms with Gasteiger partial charge in [0, 0.05) is 5.75 Å². The highest BCUT2D eigenvalue weighted by molar-refractivity contribution is 7.99. The third-order valence-corrected chi connectivity index (χ3v) is 5.31. The number of carbonyl (C=O) groups excluding carboxylic acids is 2.